The van der Waals surface area contributed by atoms with Gasteiger partial charge in [-0.1, -0.05) is 15.9 Å². The van der Waals surface area contributed by atoms with Crippen molar-refractivity contribution in [2.45, 2.75) is 28.7 Å². The highest BCUT2D eigenvalue weighted by Gasteiger charge is 2.30. The van der Waals surface area contributed by atoms with Crippen molar-refractivity contribution in [3.8, 4) is 5.75 Å². The molecule has 2 saturated heterocycles. The summed E-state index contributed by atoms with van der Waals surface area (Å²) in [4.78, 5) is 2.32. The summed E-state index contributed by atoms with van der Waals surface area (Å²) in [6, 6.07) is 11.3. The van der Waals surface area contributed by atoms with E-state index in [-0.39, 0.29) is 35.5 Å². The number of ether oxygens (including phenoxy) is 2. The molecule has 0 aliphatic carbocycles. The molecule has 2 aromatic rings. The van der Waals surface area contributed by atoms with Gasteiger partial charge in [-0.2, -0.15) is 4.31 Å². The second kappa shape index (κ2) is 10.5. The van der Waals surface area contributed by atoms with Crippen LogP contribution in [0.3, 0.4) is 0 Å². The molecule has 0 bridgehead atoms. The Balaban J connectivity index is 1.48. The molecule has 34 heavy (non-hydrogen) atoms. The number of anilines is 1. The molecule has 0 aromatic heterocycles. The van der Waals surface area contributed by atoms with Gasteiger partial charge in [0.1, 0.15) is 5.75 Å². The maximum absolute atomic E-state index is 13.0. The van der Waals surface area contributed by atoms with Crippen LogP contribution in [0.25, 0.3) is 0 Å². The summed E-state index contributed by atoms with van der Waals surface area (Å²) in [6.45, 7) is 2.24. The molecule has 2 aromatic carbocycles. The van der Waals surface area contributed by atoms with Crippen LogP contribution in [0.1, 0.15) is 12.8 Å². The SMILES string of the molecule is COc1ccc(S(=O)(=O)NCC2CCCO2)cc1N1CCN(S(=O)(=O)c2ccc(Br)cc2)CC1. The van der Waals surface area contributed by atoms with Gasteiger partial charge < -0.3 is 14.4 Å². The number of rotatable bonds is 8. The summed E-state index contributed by atoms with van der Waals surface area (Å²) in [6.07, 6.45) is 1.67. The molecule has 1 atom stereocenters. The second-order valence-corrected chi connectivity index (χ2v) is 12.8. The molecule has 4 rings (SSSR count). The minimum Gasteiger partial charge on any atom is -0.495 e. The van der Waals surface area contributed by atoms with E-state index >= 15 is 0 Å². The van der Waals surface area contributed by atoms with Crippen LogP contribution >= 0.6 is 15.9 Å². The molecule has 186 valence electrons. The van der Waals surface area contributed by atoms with Gasteiger partial charge in [-0.3, -0.25) is 0 Å². The summed E-state index contributed by atoms with van der Waals surface area (Å²) in [5.41, 5.74) is 0.614. The largest absolute Gasteiger partial charge is 0.495 e. The fourth-order valence-corrected chi connectivity index (χ4v) is 6.87. The minimum atomic E-state index is -3.73. The fourth-order valence-electron chi connectivity index (χ4n) is 4.10. The number of methoxy groups -OCH3 is 1. The summed E-state index contributed by atoms with van der Waals surface area (Å²) in [7, 11) is -5.82. The van der Waals surface area contributed by atoms with Crippen LogP contribution in [0.15, 0.2) is 56.7 Å². The third kappa shape index (κ3) is 5.58. The van der Waals surface area contributed by atoms with Crippen LogP contribution in [-0.2, 0) is 24.8 Å². The normalized spacial score (nSPS) is 19.9. The summed E-state index contributed by atoms with van der Waals surface area (Å²) in [5, 5.41) is 0. The highest BCUT2D eigenvalue weighted by molar-refractivity contribution is 9.10. The Morgan fingerprint density at radius 1 is 1.03 bits per heavy atom. The first-order valence-electron chi connectivity index (χ1n) is 11.0. The molecule has 1 unspecified atom stereocenters. The lowest BCUT2D eigenvalue weighted by Crippen LogP contribution is -2.48. The Morgan fingerprint density at radius 2 is 1.71 bits per heavy atom. The van der Waals surface area contributed by atoms with Crippen molar-refractivity contribution in [3.63, 3.8) is 0 Å². The zero-order valence-electron chi connectivity index (χ0n) is 18.8. The number of nitrogens with one attached hydrogen (secondary N) is 1. The summed E-state index contributed by atoms with van der Waals surface area (Å²) >= 11 is 3.32. The van der Waals surface area contributed by atoms with Crippen molar-refractivity contribution in [3.05, 3.63) is 46.9 Å². The maximum Gasteiger partial charge on any atom is 0.243 e. The van der Waals surface area contributed by atoms with E-state index < -0.39 is 20.0 Å². The van der Waals surface area contributed by atoms with Gasteiger partial charge in [-0.25, -0.2) is 21.6 Å². The quantitative estimate of drug-likeness (QED) is 0.517. The molecule has 2 heterocycles. The van der Waals surface area contributed by atoms with Gasteiger partial charge in [-0.05, 0) is 55.3 Å². The lowest BCUT2D eigenvalue weighted by Gasteiger charge is -2.36. The molecular weight excluding hydrogens is 546 g/mol. The Hall–Kier alpha value is -1.70. The number of hydrogen-bond donors (Lipinski definition) is 1. The topological polar surface area (TPSA) is 105 Å². The van der Waals surface area contributed by atoms with Gasteiger partial charge in [0.15, 0.2) is 0 Å². The Morgan fingerprint density at radius 3 is 2.32 bits per heavy atom. The zero-order valence-corrected chi connectivity index (χ0v) is 22.0. The second-order valence-electron chi connectivity index (χ2n) is 8.17. The van der Waals surface area contributed by atoms with Crippen molar-refractivity contribution >= 4 is 41.7 Å². The lowest BCUT2D eigenvalue weighted by molar-refractivity contribution is 0.114. The molecule has 9 nitrogen and oxygen atoms in total. The van der Waals surface area contributed by atoms with Crippen LogP contribution in [0, 0.1) is 0 Å². The van der Waals surface area contributed by atoms with E-state index in [1.807, 2.05) is 4.90 Å². The van der Waals surface area contributed by atoms with E-state index in [4.69, 9.17) is 9.47 Å². The first-order chi connectivity index (χ1) is 16.2. The minimum absolute atomic E-state index is 0.103. The van der Waals surface area contributed by atoms with Gasteiger partial charge in [0, 0.05) is 43.8 Å². The van der Waals surface area contributed by atoms with Crippen molar-refractivity contribution in [2.75, 3.05) is 51.3 Å². The van der Waals surface area contributed by atoms with Gasteiger partial charge in [0.2, 0.25) is 20.0 Å². The highest BCUT2D eigenvalue weighted by Crippen LogP contribution is 2.32. The summed E-state index contributed by atoms with van der Waals surface area (Å²) < 4.78 is 67.6. The molecular formula is C22H28BrN3O6S2. The third-order valence-corrected chi connectivity index (χ3v) is 9.88. The lowest BCUT2D eigenvalue weighted by atomic mass is 10.2. The number of piperazine rings is 1. The molecule has 12 heteroatoms. The van der Waals surface area contributed by atoms with Gasteiger partial charge in [0.25, 0.3) is 0 Å². The summed E-state index contributed by atoms with van der Waals surface area (Å²) in [5.74, 6) is 0.530. The van der Waals surface area contributed by atoms with Crippen LogP contribution < -0.4 is 14.4 Å². The van der Waals surface area contributed by atoms with E-state index in [0.717, 1.165) is 17.3 Å². The Labute approximate surface area is 209 Å². The number of sulfonamides is 2. The number of hydrogen-bond acceptors (Lipinski definition) is 7. The van der Waals surface area contributed by atoms with Crippen molar-refractivity contribution in [1.82, 2.24) is 9.03 Å². The van der Waals surface area contributed by atoms with Crippen molar-refractivity contribution in [1.29, 1.82) is 0 Å². The van der Waals surface area contributed by atoms with Gasteiger partial charge in [-0.15, -0.1) is 0 Å². The van der Waals surface area contributed by atoms with E-state index in [2.05, 4.69) is 20.7 Å². The molecule has 2 aliphatic heterocycles. The van der Waals surface area contributed by atoms with Gasteiger partial charge >= 0.3 is 0 Å². The standard InChI is InChI=1S/C22H28BrN3O6S2/c1-31-22-9-8-20(33(27,28)24-16-18-3-2-14-32-18)15-21(22)25-10-12-26(13-11-25)34(29,30)19-6-4-17(23)5-7-19/h4-9,15,18,24H,2-3,10-14,16H2,1H3. The fraction of sp³-hybridized carbons (Fsp3) is 0.455. The highest BCUT2D eigenvalue weighted by atomic mass is 79.9. The maximum atomic E-state index is 13.0. The number of benzene rings is 2. The van der Waals surface area contributed by atoms with Crippen molar-refractivity contribution < 1.29 is 26.3 Å². The molecule has 1 N–H and O–H groups in total. The van der Waals surface area contributed by atoms with Crippen LogP contribution in [0.5, 0.6) is 5.75 Å². The average Bonchev–Trinajstić information content (AvgIpc) is 3.37. The smallest absolute Gasteiger partial charge is 0.243 e. The molecule has 0 radical (unpaired) electrons. The molecule has 2 aliphatic rings. The van der Waals surface area contributed by atoms with E-state index in [9.17, 15) is 16.8 Å². The first kappa shape index (κ1) is 25.4. The van der Waals surface area contributed by atoms with Crippen LogP contribution in [-0.4, -0.2) is 73.7 Å². The first-order valence-corrected chi connectivity index (χ1v) is 14.7. The zero-order chi connectivity index (χ0) is 24.3. The monoisotopic (exact) mass is 573 g/mol. The van der Waals surface area contributed by atoms with Crippen LogP contribution in [0.4, 0.5) is 5.69 Å². The van der Waals surface area contributed by atoms with E-state index in [1.54, 1.807) is 36.4 Å². The third-order valence-electron chi connectivity index (χ3n) is 6.02. The molecule has 2 fully saturated rings. The Bertz CT molecular complexity index is 1210. The average molecular weight is 575 g/mol. The van der Waals surface area contributed by atoms with E-state index in [1.165, 1.54) is 17.5 Å². The molecule has 0 saturated carbocycles. The predicted octanol–water partition coefficient (Wildman–Crippen LogP) is 2.43. The van der Waals surface area contributed by atoms with Crippen LogP contribution in [0.2, 0.25) is 0 Å². The molecule has 0 spiro atoms. The van der Waals surface area contributed by atoms with Gasteiger partial charge in [0.05, 0.1) is 28.7 Å². The Kier molecular flexibility index (Phi) is 7.85. The van der Waals surface area contributed by atoms with Crippen molar-refractivity contribution in [2.24, 2.45) is 0 Å². The molecule has 0 amide bonds. The predicted molar refractivity (Wildman–Crippen MR) is 132 cm³/mol. The number of nitrogens with zero attached hydrogens (tertiary/aromatic N) is 2. The number of halogens is 1. The van der Waals surface area contributed by atoms with E-state index in [0.29, 0.717) is 31.1 Å².